The predicted octanol–water partition coefficient (Wildman–Crippen LogP) is 2.43. The lowest BCUT2D eigenvalue weighted by Crippen LogP contribution is -2.35. The molecule has 0 radical (unpaired) electrons. The third kappa shape index (κ3) is 3.56. The zero-order valence-corrected chi connectivity index (χ0v) is 11.9. The maximum Gasteiger partial charge on any atom is 0.335 e. The Hall–Kier alpha value is -1.91. The fourth-order valence-corrected chi connectivity index (χ4v) is 2.06. The summed E-state index contributed by atoms with van der Waals surface area (Å²) in [7, 11) is 0. The number of carboxylic acids is 1. The largest absolute Gasteiger partial charge is 0.478 e. The molecule has 1 N–H and O–H groups in total. The monoisotopic (exact) mass is 276 g/mol. The highest BCUT2D eigenvalue weighted by Gasteiger charge is 2.33. The Kier molecular flexibility index (Phi) is 4.37. The third-order valence-corrected chi connectivity index (χ3v) is 3.42. The zero-order valence-electron chi connectivity index (χ0n) is 11.9. The van der Waals surface area contributed by atoms with E-state index >= 15 is 0 Å². The van der Waals surface area contributed by atoms with Crippen molar-refractivity contribution in [3.05, 3.63) is 29.6 Å². The first-order valence-electron chi connectivity index (χ1n) is 6.99. The minimum atomic E-state index is -1.04. The van der Waals surface area contributed by atoms with Gasteiger partial charge in [-0.25, -0.2) is 4.79 Å². The zero-order chi connectivity index (χ0) is 14.7. The van der Waals surface area contributed by atoms with E-state index in [0.717, 1.165) is 19.3 Å². The van der Waals surface area contributed by atoms with Crippen LogP contribution in [0.2, 0.25) is 0 Å². The highest BCUT2D eigenvalue weighted by molar-refractivity contribution is 5.96. The normalized spacial score (nSPS) is 14.3. The van der Waals surface area contributed by atoms with E-state index in [1.54, 1.807) is 0 Å². The molecule has 20 heavy (non-hydrogen) atoms. The summed E-state index contributed by atoms with van der Waals surface area (Å²) in [6.45, 7) is 4.96. The van der Waals surface area contributed by atoms with Crippen LogP contribution in [0.1, 0.15) is 54.0 Å². The number of aromatic nitrogens is 1. The van der Waals surface area contributed by atoms with Gasteiger partial charge >= 0.3 is 5.97 Å². The van der Waals surface area contributed by atoms with E-state index in [4.69, 9.17) is 5.11 Å². The Balaban J connectivity index is 2.14. The van der Waals surface area contributed by atoms with Crippen LogP contribution in [0.25, 0.3) is 0 Å². The van der Waals surface area contributed by atoms with Gasteiger partial charge in [0.05, 0.1) is 5.56 Å². The van der Waals surface area contributed by atoms with Gasteiger partial charge in [-0.3, -0.25) is 9.78 Å². The Bertz CT molecular complexity index is 510. The second-order valence-electron chi connectivity index (χ2n) is 5.65. The van der Waals surface area contributed by atoms with Crippen LogP contribution < -0.4 is 0 Å². The Morgan fingerprint density at radius 3 is 2.70 bits per heavy atom. The first-order valence-corrected chi connectivity index (χ1v) is 6.99. The van der Waals surface area contributed by atoms with E-state index in [1.807, 2.05) is 4.90 Å². The van der Waals surface area contributed by atoms with Crippen molar-refractivity contribution in [2.45, 2.75) is 39.2 Å². The summed E-state index contributed by atoms with van der Waals surface area (Å²) >= 11 is 0. The van der Waals surface area contributed by atoms with Crippen LogP contribution in [-0.2, 0) is 0 Å². The van der Waals surface area contributed by atoms with Gasteiger partial charge in [0, 0.05) is 18.8 Å². The molecule has 1 aromatic heterocycles. The maximum absolute atomic E-state index is 12.5. The van der Waals surface area contributed by atoms with Crippen LogP contribution in [0.3, 0.4) is 0 Å². The molecule has 1 aliphatic rings. The molecular weight excluding hydrogens is 256 g/mol. The molecule has 0 bridgehead atoms. The molecule has 0 spiro atoms. The molecule has 0 aromatic carbocycles. The predicted molar refractivity (Wildman–Crippen MR) is 74.7 cm³/mol. The topological polar surface area (TPSA) is 70.5 Å². The number of amides is 1. The number of aromatic carboxylic acids is 1. The van der Waals surface area contributed by atoms with E-state index in [-0.39, 0.29) is 17.2 Å². The van der Waals surface area contributed by atoms with Crippen molar-refractivity contribution >= 4 is 11.9 Å². The molecule has 0 atom stereocenters. The molecule has 1 fully saturated rings. The van der Waals surface area contributed by atoms with Crippen LogP contribution in [-0.4, -0.2) is 39.5 Å². The maximum atomic E-state index is 12.5. The van der Waals surface area contributed by atoms with Gasteiger partial charge in [0.1, 0.15) is 5.69 Å². The molecular formula is C15H20N2O3. The lowest BCUT2D eigenvalue weighted by molar-refractivity contribution is 0.0696. The highest BCUT2D eigenvalue weighted by atomic mass is 16.4. The second kappa shape index (κ2) is 6.03. The average Bonchev–Trinajstić information content (AvgIpc) is 3.23. The van der Waals surface area contributed by atoms with Gasteiger partial charge < -0.3 is 10.0 Å². The van der Waals surface area contributed by atoms with Crippen molar-refractivity contribution in [1.29, 1.82) is 0 Å². The highest BCUT2D eigenvalue weighted by Crippen LogP contribution is 2.28. The number of hydrogen-bond acceptors (Lipinski definition) is 3. The number of nitrogens with zero attached hydrogens (tertiary/aromatic N) is 2. The van der Waals surface area contributed by atoms with Crippen molar-refractivity contribution in [2.24, 2.45) is 5.92 Å². The molecule has 0 saturated heterocycles. The Labute approximate surface area is 118 Å². The summed E-state index contributed by atoms with van der Waals surface area (Å²) in [6, 6.07) is 3.06. The van der Waals surface area contributed by atoms with Gasteiger partial charge in [-0.1, -0.05) is 13.8 Å². The third-order valence-electron chi connectivity index (χ3n) is 3.42. The summed E-state index contributed by atoms with van der Waals surface area (Å²) in [5.41, 5.74) is 0.323. The van der Waals surface area contributed by atoms with Crippen LogP contribution in [0.15, 0.2) is 18.3 Å². The minimum absolute atomic E-state index is 0.1000. The first kappa shape index (κ1) is 14.5. The standard InChI is InChI=1S/C15H20N2O3/c1-10(2)6-8-17(12-3-4-12)14(18)13-9-11(15(19)20)5-7-16-13/h5,7,9-10,12H,3-4,6,8H2,1-2H3,(H,19,20). The second-order valence-corrected chi connectivity index (χ2v) is 5.65. The number of hydrogen-bond donors (Lipinski definition) is 1. The minimum Gasteiger partial charge on any atom is -0.478 e. The molecule has 0 aliphatic heterocycles. The van der Waals surface area contributed by atoms with E-state index in [1.165, 1.54) is 18.3 Å². The molecule has 1 heterocycles. The van der Waals surface area contributed by atoms with Crippen molar-refractivity contribution in [3.63, 3.8) is 0 Å². The fraction of sp³-hybridized carbons (Fsp3) is 0.533. The molecule has 1 saturated carbocycles. The molecule has 1 aromatic rings. The lowest BCUT2D eigenvalue weighted by Gasteiger charge is -2.23. The van der Waals surface area contributed by atoms with Gasteiger partial charge in [-0.05, 0) is 37.3 Å². The molecule has 1 amide bonds. The van der Waals surface area contributed by atoms with Gasteiger partial charge in [-0.15, -0.1) is 0 Å². The number of carbonyl (C=O) groups excluding carboxylic acids is 1. The van der Waals surface area contributed by atoms with E-state index < -0.39 is 5.97 Å². The Morgan fingerprint density at radius 1 is 1.45 bits per heavy atom. The van der Waals surface area contributed by atoms with Gasteiger partial charge in [-0.2, -0.15) is 0 Å². The summed E-state index contributed by atoms with van der Waals surface area (Å²) in [5, 5.41) is 8.97. The molecule has 2 rings (SSSR count). The number of carboxylic acid groups (broad SMARTS) is 1. The van der Waals surface area contributed by atoms with E-state index in [2.05, 4.69) is 18.8 Å². The first-order chi connectivity index (χ1) is 9.49. The van der Waals surface area contributed by atoms with Crippen LogP contribution in [0, 0.1) is 5.92 Å². The molecule has 1 aliphatic carbocycles. The van der Waals surface area contributed by atoms with Crippen LogP contribution in [0.5, 0.6) is 0 Å². The molecule has 5 heteroatoms. The van der Waals surface area contributed by atoms with E-state index in [0.29, 0.717) is 18.5 Å². The number of carbonyl (C=O) groups is 2. The summed E-state index contributed by atoms with van der Waals surface area (Å²) in [4.78, 5) is 29.3. The van der Waals surface area contributed by atoms with Crippen LogP contribution in [0.4, 0.5) is 0 Å². The quantitative estimate of drug-likeness (QED) is 0.866. The molecule has 0 unspecified atom stereocenters. The van der Waals surface area contributed by atoms with Crippen molar-refractivity contribution < 1.29 is 14.7 Å². The molecule has 5 nitrogen and oxygen atoms in total. The van der Waals surface area contributed by atoms with Gasteiger partial charge in [0.15, 0.2) is 0 Å². The SMILES string of the molecule is CC(C)CCN(C(=O)c1cc(C(=O)O)ccn1)C1CC1. The fourth-order valence-electron chi connectivity index (χ4n) is 2.06. The summed E-state index contributed by atoms with van der Waals surface area (Å²) < 4.78 is 0. The van der Waals surface area contributed by atoms with E-state index in [9.17, 15) is 9.59 Å². The van der Waals surface area contributed by atoms with Crippen LogP contribution >= 0.6 is 0 Å². The lowest BCUT2D eigenvalue weighted by atomic mass is 10.1. The Morgan fingerprint density at radius 2 is 2.15 bits per heavy atom. The van der Waals surface area contributed by atoms with Crippen molar-refractivity contribution in [3.8, 4) is 0 Å². The summed E-state index contributed by atoms with van der Waals surface area (Å²) in [6.07, 6.45) is 4.38. The van der Waals surface area contributed by atoms with Gasteiger partial charge in [0.2, 0.25) is 0 Å². The van der Waals surface area contributed by atoms with Crippen molar-refractivity contribution in [1.82, 2.24) is 9.88 Å². The number of rotatable bonds is 6. The number of pyridine rings is 1. The molecule has 108 valence electrons. The van der Waals surface area contributed by atoms with Crippen molar-refractivity contribution in [2.75, 3.05) is 6.54 Å². The summed E-state index contributed by atoms with van der Waals surface area (Å²) in [5.74, 6) is -0.666. The average molecular weight is 276 g/mol. The van der Waals surface area contributed by atoms with Gasteiger partial charge in [0.25, 0.3) is 5.91 Å². The smallest absolute Gasteiger partial charge is 0.335 e.